The monoisotopic (exact) mass is 382 g/mol. The number of amides is 1. The Kier molecular flexibility index (Phi) is 8.58. The maximum Gasteiger partial charge on any atom is 0.232 e. The zero-order valence-corrected chi connectivity index (χ0v) is 17.7. The number of fused-ring (bicyclic) bond motifs is 1. The standard InChI is InChI=1S/C21H34N2O2.ClH/c1-6-7-8-9-11-23-12-10-17-15(2)13-16(3)18(19(17)23)22-20(25)21(4,5)14-24;/h13,24H,6-12,14H2,1-5H3,(H,22,25);1H. The van der Waals surface area contributed by atoms with Gasteiger partial charge in [0.05, 0.1) is 25.1 Å². The number of aliphatic hydroxyl groups excluding tert-OH is 1. The molecule has 1 heterocycles. The smallest absolute Gasteiger partial charge is 0.232 e. The molecule has 2 rings (SSSR count). The van der Waals surface area contributed by atoms with E-state index < -0.39 is 5.41 Å². The van der Waals surface area contributed by atoms with Crippen molar-refractivity contribution in [3.63, 3.8) is 0 Å². The number of hydrogen-bond donors (Lipinski definition) is 3. The Bertz CT molecular complexity index is 629. The summed E-state index contributed by atoms with van der Waals surface area (Å²) < 4.78 is 0. The maximum atomic E-state index is 12.6. The summed E-state index contributed by atoms with van der Waals surface area (Å²) in [6.07, 6.45) is 6.13. The number of hydrogen-bond acceptors (Lipinski definition) is 2. The number of carbonyl (C=O) groups excluding carboxylic acids is 1. The second-order valence-electron chi connectivity index (χ2n) is 8.15. The van der Waals surface area contributed by atoms with Crippen molar-refractivity contribution in [2.45, 2.75) is 66.7 Å². The number of halogens is 1. The predicted molar refractivity (Wildman–Crippen MR) is 104 cm³/mol. The van der Waals surface area contributed by atoms with Gasteiger partial charge in [-0.05, 0) is 51.7 Å². The van der Waals surface area contributed by atoms with Gasteiger partial charge in [0.2, 0.25) is 5.91 Å². The normalized spacial score (nSPS) is 16.2. The third-order valence-corrected chi connectivity index (χ3v) is 5.47. The van der Waals surface area contributed by atoms with E-state index in [0.717, 1.165) is 30.8 Å². The van der Waals surface area contributed by atoms with Crippen molar-refractivity contribution in [3.05, 3.63) is 22.8 Å². The Balaban J connectivity index is 0.00000338. The van der Waals surface area contributed by atoms with Crippen LogP contribution in [0, 0.1) is 19.3 Å². The Labute approximate surface area is 164 Å². The number of aliphatic hydroxyl groups is 1. The van der Waals surface area contributed by atoms with Crippen LogP contribution in [-0.2, 0) is 11.2 Å². The molecule has 0 aromatic heterocycles. The molecule has 26 heavy (non-hydrogen) atoms. The summed E-state index contributed by atoms with van der Waals surface area (Å²) in [5.41, 5.74) is 5.32. The number of aryl methyl sites for hydroxylation is 2. The molecule has 0 spiro atoms. The quantitative estimate of drug-likeness (QED) is 0.551. The second kappa shape index (κ2) is 9.72. The van der Waals surface area contributed by atoms with E-state index in [0.29, 0.717) is 0 Å². The number of quaternary nitrogens is 1. The van der Waals surface area contributed by atoms with Gasteiger partial charge in [-0.2, -0.15) is 0 Å². The van der Waals surface area contributed by atoms with Gasteiger partial charge >= 0.3 is 0 Å². The molecule has 4 nitrogen and oxygen atoms in total. The fourth-order valence-corrected chi connectivity index (χ4v) is 3.67. The van der Waals surface area contributed by atoms with Gasteiger partial charge < -0.3 is 27.7 Å². The highest BCUT2D eigenvalue weighted by atomic mass is 35.5. The lowest BCUT2D eigenvalue weighted by Crippen LogP contribution is -3.06. The third-order valence-electron chi connectivity index (χ3n) is 5.47. The Morgan fingerprint density at radius 2 is 1.92 bits per heavy atom. The minimum absolute atomic E-state index is 0. The average molecular weight is 383 g/mol. The number of unbranched alkanes of at least 4 members (excludes halogenated alkanes) is 3. The number of anilines is 1. The Morgan fingerprint density at radius 3 is 2.54 bits per heavy atom. The molecular formula is C21H35ClN2O2. The van der Waals surface area contributed by atoms with Crippen LogP contribution in [0.5, 0.6) is 0 Å². The predicted octanol–water partition coefficient (Wildman–Crippen LogP) is -0.0828. The molecule has 1 aromatic carbocycles. The van der Waals surface area contributed by atoms with Gasteiger partial charge in [-0.3, -0.25) is 4.79 Å². The molecule has 1 aliphatic rings. The first kappa shape index (κ1) is 22.9. The minimum Gasteiger partial charge on any atom is -1.00 e. The van der Waals surface area contributed by atoms with Crippen molar-refractivity contribution >= 4 is 17.3 Å². The van der Waals surface area contributed by atoms with E-state index >= 15 is 0 Å². The highest BCUT2D eigenvalue weighted by molar-refractivity contribution is 5.98. The molecule has 1 unspecified atom stereocenters. The van der Waals surface area contributed by atoms with E-state index in [1.165, 1.54) is 47.4 Å². The molecule has 0 bridgehead atoms. The van der Waals surface area contributed by atoms with E-state index in [1.54, 1.807) is 13.8 Å². The van der Waals surface area contributed by atoms with Crippen LogP contribution in [0.2, 0.25) is 0 Å². The van der Waals surface area contributed by atoms with Crippen LogP contribution >= 0.6 is 0 Å². The fraction of sp³-hybridized carbons (Fsp3) is 0.667. The lowest BCUT2D eigenvalue weighted by Gasteiger charge is -2.24. The molecular weight excluding hydrogens is 348 g/mol. The van der Waals surface area contributed by atoms with Gasteiger partial charge in [0.1, 0.15) is 5.69 Å². The Morgan fingerprint density at radius 1 is 1.23 bits per heavy atom. The SMILES string of the molecule is CCCCCC[NH+]1CCc2c(C)cc(C)c(NC(=O)C(C)(C)CO)c21.[Cl-]. The summed E-state index contributed by atoms with van der Waals surface area (Å²) in [5, 5.41) is 12.6. The van der Waals surface area contributed by atoms with E-state index in [2.05, 4.69) is 32.2 Å². The third kappa shape index (κ3) is 4.99. The van der Waals surface area contributed by atoms with E-state index in [4.69, 9.17) is 0 Å². The lowest BCUT2D eigenvalue weighted by molar-refractivity contribution is -0.825. The van der Waals surface area contributed by atoms with Crippen LogP contribution in [0.25, 0.3) is 0 Å². The summed E-state index contributed by atoms with van der Waals surface area (Å²) >= 11 is 0. The van der Waals surface area contributed by atoms with Gasteiger partial charge in [-0.1, -0.05) is 25.8 Å². The van der Waals surface area contributed by atoms with Gasteiger partial charge in [-0.15, -0.1) is 0 Å². The van der Waals surface area contributed by atoms with E-state index in [9.17, 15) is 9.90 Å². The molecule has 0 aliphatic carbocycles. The van der Waals surface area contributed by atoms with Crippen LogP contribution in [0.4, 0.5) is 11.4 Å². The van der Waals surface area contributed by atoms with Gasteiger partial charge in [0.25, 0.3) is 0 Å². The number of benzene rings is 1. The number of carbonyl (C=O) groups is 1. The number of nitrogens with one attached hydrogen (secondary N) is 2. The summed E-state index contributed by atoms with van der Waals surface area (Å²) in [6, 6.07) is 2.18. The number of rotatable bonds is 8. The molecule has 3 N–H and O–H groups in total. The molecule has 0 fully saturated rings. The summed E-state index contributed by atoms with van der Waals surface area (Å²) in [4.78, 5) is 14.1. The Hall–Kier alpha value is -1.10. The summed E-state index contributed by atoms with van der Waals surface area (Å²) in [5.74, 6) is -0.110. The molecule has 0 radical (unpaired) electrons. The molecule has 148 valence electrons. The first-order valence-electron chi connectivity index (χ1n) is 9.72. The molecule has 5 heteroatoms. The molecule has 1 amide bonds. The van der Waals surface area contributed by atoms with Crippen LogP contribution in [0.3, 0.4) is 0 Å². The van der Waals surface area contributed by atoms with Crippen molar-refractivity contribution in [2.75, 3.05) is 25.0 Å². The first-order valence-corrected chi connectivity index (χ1v) is 9.72. The molecule has 0 saturated heterocycles. The maximum absolute atomic E-state index is 12.6. The second-order valence-corrected chi connectivity index (χ2v) is 8.15. The van der Waals surface area contributed by atoms with Gasteiger partial charge in [0.15, 0.2) is 5.69 Å². The van der Waals surface area contributed by atoms with Crippen molar-refractivity contribution in [1.29, 1.82) is 0 Å². The highest BCUT2D eigenvalue weighted by Crippen LogP contribution is 2.34. The molecule has 1 atom stereocenters. The largest absolute Gasteiger partial charge is 1.00 e. The van der Waals surface area contributed by atoms with Gasteiger partial charge in [-0.25, -0.2) is 0 Å². The van der Waals surface area contributed by atoms with Crippen molar-refractivity contribution in [1.82, 2.24) is 0 Å². The van der Waals surface area contributed by atoms with Gasteiger partial charge in [0, 0.05) is 12.0 Å². The zero-order chi connectivity index (χ0) is 18.6. The molecule has 1 aliphatic heterocycles. The molecule has 0 saturated carbocycles. The summed E-state index contributed by atoms with van der Waals surface area (Å²) in [6.45, 7) is 12.1. The fourth-order valence-electron chi connectivity index (χ4n) is 3.67. The van der Waals surface area contributed by atoms with Crippen LogP contribution < -0.4 is 22.6 Å². The lowest BCUT2D eigenvalue weighted by atomic mass is 9.93. The van der Waals surface area contributed by atoms with Crippen LogP contribution in [0.15, 0.2) is 6.07 Å². The first-order chi connectivity index (χ1) is 11.8. The van der Waals surface area contributed by atoms with E-state index in [1.807, 2.05) is 0 Å². The van der Waals surface area contributed by atoms with Crippen LogP contribution in [0.1, 0.15) is 63.1 Å². The zero-order valence-electron chi connectivity index (χ0n) is 17.0. The molecule has 1 aromatic rings. The minimum atomic E-state index is -0.774. The topological polar surface area (TPSA) is 53.8 Å². The average Bonchev–Trinajstić information content (AvgIpc) is 2.99. The highest BCUT2D eigenvalue weighted by Gasteiger charge is 2.33. The van der Waals surface area contributed by atoms with Crippen LogP contribution in [-0.4, -0.2) is 30.7 Å². The van der Waals surface area contributed by atoms with Crippen molar-refractivity contribution < 1.29 is 27.2 Å². The van der Waals surface area contributed by atoms with E-state index in [-0.39, 0.29) is 24.9 Å². The van der Waals surface area contributed by atoms with Crippen molar-refractivity contribution in [2.24, 2.45) is 5.41 Å². The van der Waals surface area contributed by atoms with Crippen molar-refractivity contribution in [3.8, 4) is 0 Å². The summed E-state index contributed by atoms with van der Waals surface area (Å²) in [7, 11) is 0.